The molecule has 0 spiro atoms. The molecule has 0 radical (unpaired) electrons. The molecule has 0 amide bonds. The van der Waals surface area contributed by atoms with Gasteiger partial charge in [-0.25, -0.2) is 0 Å². The molecule has 1 heteroatoms. The van der Waals surface area contributed by atoms with Crippen molar-refractivity contribution in [1.29, 1.82) is 0 Å². The molecule has 2 rings (SSSR count). The van der Waals surface area contributed by atoms with Gasteiger partial charge in [-0.15, -0.1) is 0 Å². The van der Waals surface area contributed by atoms with Crippen molar-refractivity contribution in [2.75, 3.05) is 0 Å². The molecule has 1 saturated carbocycles. The van der Waals surface area contributed by atoms with Crippen molar-refractivity contribution in [2.45, 2.75) is 47.0 Å². The highest BCUT2D eigenvalue weighted by Crippen LogP contribution is 2.51. The second kappa shape index (κ2) is 3.07. The molecule has 1 fully saturated rings. The maximum atomic E-state index is 12.1. The Bertz CT molecular complexity index is 371. The molecule has 0 unspecified atom stereocenters. The van der Waals surface area contributed by atoms with E-state index in [9.17, 15) is 4.79 Å². The molecule has 1 atom stereocenters. The number of ketones is 1. The summed E-state index contributed by atoms with van der Waals surface area (Å²) in [6, 6.07) is 0. The van der Waals surface area contributed by atoms with E-state index < -0.39 is 0 Å². The fourth-order valence-electron chi connectivity index (χ4n) is 3.13. The van der Waals surface area contributed by atoms with Gasteiger partial charge in [0.2, 0.25) is 0 Å². The van der Waals surface area contributed by atoms with Crippen LogP contribution in [-0.4, -0.2) is 5.78 Å². The molecular formula is C14H20O. The third kappa shape index (κ3) is 1.49. The predicted molar refractivity (Wildman–Crippen MR) is 62.6 cm³/mol. The number of rotatable bonds is 0. The van der Waals surface area contributed by atoms with Crippen molar-refractivity contribution >= 4 is 5.78 Å². The van der Waals surface area contributed by atoms with Crippen molar-refractivity contribution in [3.05, 3.63) is 23.3 Å². The Morgan fingerprint density at radius 1 is 1.27 bits per heavy atom. The SMILES string of the molecule is CC1=C[C@]2(C)C(=O)CCC(C)(C)C2=CC1. The van der Waals surface area contributed by atoms with Gasteiger partial charge < -0.3 is 0 Å². The molecule has 15 heavy (non-hydrogen) atoms. The first kappa shape index (κ1) is 10.7. The van der Waals surface area contributed by atoms with Gasteiger partial charge >= 0.3 is 0 Å². The van der Waals surface area contributed by atoms with Crippen LogP contribution in [0.1, 0.15) is 47.0 Å². The summed E-state index contributed by atoms with van der Waals surface area (Å²) in [7, 11) is 0. The molecule has 0 aromatic rings. The van der Waals surface area contributed by atoms with Crippen LogP contribution in [0.4, 0.5) is 0 Å². The van der Waals surface area contributed by atoms with Crippen molar-refractivity contribution in [3.8, 4) is 0 Å². The number of fused-ring (bicyclic) bond motifs is 1. The minimum Gasteiger partial charge on any atom is -0.298 e. The lowest BCUT2D eigenvalue weighted by atomic mass is 9.58. The van der Waals surface area contributed by atoms with E-state index in [2.05, 4.69) is 39.8 Å². The standard InChI is InChI=1S/C14H20O/c1-10-5-6-11-13(2,3)8-7-12(15)14(11,4)9-10/h6,9H,5,7-8H2,1-4H3/t14-/m0/s1. The van der Waals surface area contributed by atoms with E-state index in [1.54, 1.807) is 0 Å². The third-order valence-corrected chi connectivity index (χ3v) is 4.01. The van der Waals surface area contributed by atoms with Gasteiger partial charge in [0.15, 0.2) is 0 Å². The van der Waals surface area contributed by atoms with Crippen LogP contribution in [0.3, 0.4) is 0 Å². The minimum absolute atomic E-state index is 0.194. The van der Waals surface area contributed by atoms with E-state index in [-0.39, 0.29) is 10.8 Å². The molecular weight excluding hydrogens is 184 g/mol. The van der Waals surface area contributed by atoms with Gasteiger partial charge in [0.1, 0.15) is 5.78 Å². The van der Waals surface area contributed by atoms with Gasteiger partial charge in [-0.3, -0.25) is 4.79 Å². The Morgan fingerprint density at radius 2 is 1.93 bits per heavy atom. The molecule has 2 aliphatic carbocycles. The van der Waals surface area contributed by atoms with Gasteiger partial charge in [-0.1, -0.05) is 37.1 Å². The van der Waals surface area contributed by atoms with Crippen LogP contribution in [0.25, 0.3) is 0 Å². The number of allylic oxidation sites excluding steroid dienone is 4. The van der Waals surface area contributed by atoms with E-state index in [0.717, 1.165) is 19.3 Å². The molecule has 1 nitrogen and oxygen atoms in total. The van der Waals surface area contributed by atoms with Crippen LogP contribution in [-0.2, 0) is 4.79 Å². The van der Waals surface area contributed by atoms with E-state index in [0.29, 0.717) is 5.78 Å². The van der Waals surface area contributed by atoms with Crippen LogP contribution in [0.2, 0.25) is 0 Å². The zero-order valence-corrected chi connectivity index (χ0v) is 10.2. The summed E-state index contributed by atoms with van der Waals surface area (Å²) in [5.41, 5.74) is 2.56. The maximum Gasteiger partial charge on any atom is 0.146 e. The normalized spacial score (nSPS) is 34.3. The monoisotopic (exact) mass is 204 g/mol. The molecule has 2 aliphatic rings. The van der Waals surface area contributed by atoms with Crippen LogP contribution in [0.15, 0.2) is 23.3 Å². The van der Waals surface area contributed by atoms with Gasteiger partial charge in [-0.05, 0) is 32.1 Å². The lowest BCUT2D eigenvalue weighted by molar-refractivity contribution is -0.127. The number of carbonyl (C=O) groups is 1. The Hall–Kier alpha value is -0.850. The van der Waals surface area contributed by atoms with Crippen molar-refractivity contribution in [2.24, 2.45) is 10.8 Å². The van der Waals surface area contributed by atoms with Gasteiger partial charge in [-0.2, -0.15) is 0 Å². The van der Waals surface area contributed by atoms with Crippen molar-refractivity contribution in [1.82, 2.24) is 0 Å². The molecule has 82 valence electrons. The highest BCUT2D eigenvalue weighted by molar-refractivity contribution is 5.91. The fraction of sp³-hybridized carbons (Fsp3) is 0.643. The van der Waals surface area contributed by atoms with Crippen molar-refractivity contribution in [3.63, 3.8) is 0 Å². The predicted octanol–water partition coefficient (Wildman–Crippen LogP) is 3.66. The molecule has 0 aromatic carbocycles. The number of carbonyl (C=O) groups excluding carboxylic acids is 1. The van der Waals surface area contributed by atoms with E-state index in [1.165, 1.54) is 11.1 Å². The zero-order chi connectivity index (χ0) is 11.3. The highest BCUT2D eigenvalue weighted by Gasteiger charge is 2.46. The first-order chi connectivity index (χ1) is 6.86. The number of hydrogen-bond donors (Lipinski definition) is 0. The second-order valence-electron chi connectivity index (χ2n) is 5.82. The third-order valence-electron chi connectivity index (χ3n) is 4.01. The summed E-state index contributed by atoms with van der Waals surface area (Å²) in [6.07, 6.45) is 7.21. The summed E-state index contributed by atoms with van der Waals surface area (Å²) >= 11 is 0. The summed E-state index contributed by atoms with van der Waals surface area (Å²) < 4.78 is 0. The van der Waals surface area contributed by atoms with Crippen LogP contribution >= 0.6 is 0 Å². The smallest absolute Gasteiger partial charge is 0.146 e. The Kier molecular flexibility index (Phi) is 2.18. The number of Topliss-reactive ketones (excluding diaryl/α,β-unsaturated/α-hetero) is 1. The lowest BCUT2D eigenvalue weighted by Gasteiger charge is -2.45. The van der Waals surface area contributed by atoms with E-state index in [1.807, 2.05) is 0 Å². The first-order valence-corrected chi connectivity index (χ1v) is 5.79. The molecule has 0 aliphatic heterocycles. The van der Waals surface area contributed by atoms with Crippen molar-refractivity contribution < 1.29 is 4.79 Å². The molecule has 0 N–H and O–H groups in total. The molecule has 0 saturated heterocycles. The highest BCUT2D eigenvalue weighted by atomic mass is 16.1. The topological polar surface area (TPSA) is 17.1 Å². The summed E-state index contributed by atoms with van der Waals surface area (Å²) in [5.74, 6) is 0.395. The summed E-state index contributed by atoms with van der Waals surface area (Å²) in [5, 5.41) is 0. The zero-order valence-electron chi connectivity index (χ0n) is 10.2. The Morgan fingerprint density at radius 3 is 2.60 bits per heavy atom. The maximum absolute atomic E-state index is 12.1. The Balaban J connectivity index is 2.51. The van der Waals surface area contributed by atoms with E-state index in [4.69, 9.17) is 0 Å². The Labute approximate surface area is 92.3 Å². The minimum atomic E-state index is -0.302. The second-order valence-corrected chi connectivity index (χ2v) is 5.82. The average Bonchev–Trinajstić information content (AvgIpc) is 2.11. The van der Waals surface area contributed by atoms with Gasteiger partial charge in [0.05, 0.1) is 5.41 Å². The van der Waals surface area contributed by atoms with Crippen LogP contribution < -0.4 is 0 Å². The van der Waals surface area contributed by atoms with Crippen LogP contribution in [0, 0.1) is 10.8 Å². The largest absolute Gasteiger partial charge is 0.298 e. The lowest BCUT2D eigenvalue weighted by Crippen LogP contribution is -2.41. The molecule has 0 bridgehead atoms. The van der Waals surface area contributed by atoms with Gasteiger partial charge in [0, 0.05) is 6.42 Å². The first-order valence-electron chi connectivity index (χ1n) is 5.79. The van der Waals surface area contributed by atoms with E-state index >= 15 is 0 Å². The molecule has 0 aromatic heterocycles. The van der Waals surface area contributed by atoms with Gasteiger partial charge in [0.25, 0.3) is 0 Å². The molecule has 0 heterocycles. The fourth-order valence-corrected chi connectivity index (χ4v) is 3.13. The van der Waals surface area contributed by atoms with Crippen LogP contribution in [0.5, 0.6) is 0 Å². The summed E-state index contributed by atoms with van der Waals surface area (Å²) in [4.78, 5) is 12.1. The average molecular weight is 204 g/mol. The number of hydrogen-bond acceptors (Lipinski definition) is 1. The quantitative estimate of drug-likeness (QED) is 0.550. The summed E-state index contributed by atoms with van der Waals surface area (Å²) in [6.45, 7) is 8.73.